The van der Waals surface area contributed by atoms with Gasteiger partial charge in [0.25, 0.3) is 5.91 Å². The highest BCUT2D eigenvalue weighted by atomic mass is 16.5. The topological polar surface area (TPSA) is 119 Å². The lowest BCUT2D eigenvalue weighted by Gasteiger charge is -2.28. The maximum absolute atomic E-state index is 13.6. The van der Waals surface area contributed by atoms with Crippen molar-refractivity contribution in [2.24, 2.45) is 23.7 Å². The normalized spacial score (nSPS) is 23.7. The minimum atomic E-state index is -0.755. The standard InChI is InChI=1S/C34H32N2O7/c1-2-15-42-33(40)21-11-13-24(14-12-21)35-28(37)19-43-34(41)22-9-6-10-25(16-22)36-31(38)29-23-17-26(20-7-4-3-5-8-20)27(18-23)30(29)32(36)39/h3-14,16,23,26-27,29-30H,2,15,17-19H2,1H3,(H,35,37)/t23-,26+,27+,29+,30+/m0/s1. The third kappa shape index (κ3) is 5.43. The summed E-state index contributed by atoms with van der Waals surface area (Å²) in [5.41, 5.74) is 2.46. The fourth-order valence-electron chi connectivity index (χ4n) is 6.95. The van der Waals surface area contributed by atoms with Crippen molar-refractivity contribution < 1.29 is 33.4 Å². The second-order valence-electron chi connectivity index (χ2n) is 11.4. The Bertz CT molecular complexity index is 1570. The van der Waals surface area contributed by atoms with Crippen molar-refractivity contribution in [2.75, 3.05) is 23.4 Å². The predicted molar refractivity (Wildman–Crippen MR) is 157 cm³/mol. The van der Waals surface area contributed by atoms with E-state index in [2.05, 4.69) is 17.4 Å². The molecule has 2 bridgehead atoms. The molecule has 0 radical (unpaired) electrons. The van der Waals surface area contributed by atoms with E-state index < -0.39 is 24.5 Å². The maximum atomic E-state index is 13.6. The van der Waals surface area contributed by atoms with Crippen LogP contribution in [-0.4, -0.2) is 42.9 Å². The van der Waals surface area contributed by atoms with Crippen LogP contribution < -0.4 is 10.2 Å². The third-order valence-electron chi connectivity index (χ3n) is 8.76. The van der Waals surface area contributed by atoms with Crippen LogP contribution in [0.15, 0.2) is 78.9 Å². The first-order chi connectivity index (χ1) is 20.9. The molecule has 3 aromatic carbocycles. The molecule has 3 aliphatic rings. The van der Waals surface area contributed by atoms with Crippen molar-refractivity contribution in [3.8, 4) is 0 Å². The number of hydrogen-bond acceptors (Lipinski definition) is 7. The molecule has 2 aliphatic carbocycles. The molecule has 9 heteroatoms. The van der Waals surface area contributed by atoms with Gasteiger partial charge in [0, 0.05) is 5.69 Å². The number of ether oxygens (including phenoxy) is 2. The molecule has 5 atom stereocenters. The summed E-state index contributed by atoms with van der Waals surface area (Å²) in [6, 6.07) is 22.6. The first-order valence-electron chi connectivity index (χ1n) is 14.6. The zero-order valence-electron chi connectivity index (χ0n) is 23.7. The van der Waals surface area contributed by atoms with Crippen LogP contribution in [0.25, 0.3) is 0 Å². The minimum Gasteiger partial charge on any atom is -0.462 e. The average Bonchev–Trinajstić information content (AvgIpc) is 3.70. The van der Waals surface area contributed by atoms with Crippen LogP contribution in [0.3, 0.4) is 0 Å². The Morgan fingerprint density at radius 3 is 2.28 bits per heavy atom. The molecule has 0 aromatic heterocycles. The Morgan fingerprint density at radius 1 is 0.814 bits per heavy atom. The number of carbonyl (C=O) groups excluding carboxylic acids is 5. The molecule has 0 unspecified atom stereocenters. The number of rotatable bonds is 9. The van der Waals surface area contributed by atoms with Gasteiger partial charge in [0.15, 0.2) is 6.61 Å². The second-order valence-corrected chi connectivity index (χ2v) is 11.4. The van der Waals surface area contributed by atoms with E-state index >= 15 is 0 Å². The number of benzene rings is 3. The minimum absolute atomic E-state index is 0.122. The van der Waals surface area contributed by atoms with Crippen molar-refractivity contribution in [1.82, 2.24) is 0 Å². The first-order valence-corrected chi connectivity index (χ1v) is 14.6. The fourth-order valence-corrected chi connectivity index (χ4v) is 6.95. The fraction of sp³-hybridized carbons (Fsp3) is 0.324. The van der Waals surface area contributed by atoms with Crippen LogP contribution in [0.5, 0.6) is 0 Å². The Labute approximate surface area is 249 Å². The van der Waals surface area contributed by atoms with Crippen molar-refractivity contribution in [1.29, 1.82) is 0 Å². The lowest BCUT2D eigenvalue weighted by molar-refractivity contribution is -0.123. The van der Waals surface area contributed by atoms with Gasteiger partial charge in [-0.1, -0.05) is 43.3 Å². The number of imide groups is 1. The molecule has 1 saturated heterocycles. The van der Waals surface area contributed by atoms with Gasteiger partial charge in [-0.05, 0) is 85.0 Å². The Balaban J connectivity index is 1.07. The lowest BCUT2D eigenvalue weighted by Crippen LogP contribution is -2.33. The molecule has 220 valence electrons. The zero-order chi connectivity index (χ0) is 30.1. The van der Waals surface area contributed by atoms with E-state index in [4.69, 9.17) is 9.47 Å². The van der Waals surface area contributed by atoms with Crippen LogP contribution in [0.1, 0.15) is 58.4 Å². The monoisotopic (exact) mass is 580 g/mol. The van der Waals surface area contributed by atoms with Gasteiger partial charge < -0.3 is 14.8 Å². The second kappa shape index (κ2) is 11.8. The predicted octanol–water partition coefficient (Wildman–Crippen LogP) is 4.98. The summed E-state index contributed by atoms with van der Waals surface area (Å²) in [6.07, 6.45) is 2.49. The van der Waals surface area contributed by atoms with Crippen molar-refractivity contribution in [3.05, 3.63) is 95.6 Å². The molecule has 43 heavy (non-hydrogen) atoms. The summed E-state index contributed by atoms with van der Waals surface area (Å²) >= 11 is 0. The number of esters is 2. The molecule has 1 N–H and O–H groups in total. The van der Waals surface area contributed by atoms with E-state index in [0.29, 0.717) is 23.5 Å². The quantitative estimate of drug-likeness (QED) is 0.280. The van der Waals surface area contributed by atoms with E-state index in [-0.39, 0.29) is 47.0 Å². The molecule has 2 saturated carbocycles. The highest BCUT2D eigenvalue weighted by Gasteiger charge is 2.64. The highest BCUT2D eigenvalue weighted by Crippen LogP contribution is 2.61. The number of hydrogen-bond donors (Lipinski definition) is 1. The van der Waals surface area contributed by atoms with E-state index in [1.165, 1.54) is 34.7 Å². The molecule has 0 spiro atoms. The van der Waals surface area contributed by atoms with E-state index in [1.54, 1.807) is 24.3 Å². The van der Waals surface area contributed by atoms with E-state index in [9.17, 15) is 24.0 Å². The number of fused-ring (bicyclic) bond motifs is 5. The SMILES string of the molecule is CCCOC(=O)c1ccc(NC(=O)COC(=O)c2cccc(N3C(=O)[C@@H]4[C@@H]5C[C@@H]([C@H]4C3=O)[C@@H](c3ccccc3)C5)c2)cc1. The smallest absolute Gasteiger partial charge is 0.338 e. The van der Waals surface area contributed by atoms with Gasteiger partial charge in [0.2, 0.25) is 11.8 Å². The van der Waals surface area contributed by atoms with Crippen LogP contribution >= 0.6 is 0 Å². The van der Waals surface area contributed by atoms with Crippen molar-refractivity contribution in [2.45, 2.75) is 32.1 Å². The molecule has 9 nitrogen and oxygen atoms in total. The highest BCUT2D eigenvalue weighted by molar-refractivity contribution is 6.23. The third-order valence-corrected chi connectivity index (χ3v) is 8.76. The lowest BCUT2D eigenvalue weighted by atomic mass is 9.73. The summed E-state index contributed by atoms with van der Waals surface area (Å²) < 4.78 is 10.3. The molecule has 3 amide bonds. The summed E-state index contributed by atoms with van der Waals surface area (Å²) in [5.74, 6) is -2.31. The Kier molecular flexibility index (Phi) is 7.80. The van der Waals surface area contributed by atoms with E-state index in [1.807, 2.05) is 25.1 Å². The number of nitrogens with one attached hydrogen (secondary N) is 1. The molecule has 3 fully saturated rings. The summed E-state index contributed by atoms with van der Waals surface area (Å²) in [6.45, 7) is 1.69. The van der Waals surface area contributed by atoms with Crippen molar-refractivity contribution in [3.63, 3.8) is 0 Å². The number of amides is 3. The Morgan fingerprint density at radius 2 is 1.53 bits per heavy atom. The van der Waals surface area contributed by atoms with Gasteiger partial charge in [-0.25, -0.2) is 9.59 Å². The van der Waals surface area contributed by atoms with Crippen LogP contribution in [0.4, 0.5) is 11.4 Å². The van der Waals surface area contributed by atoms with Crippen LogP contribution in [0, 0.1) is 23.7 Å². The molecule has 6 rings (SSSR count). The van der Waals surface area contributed by atoms with Crippen LogP contribution in [-0.2, 0) is 23.9 Å². The molecule has 1 aliphatic heterocycles. The number of anilines is 2. The summed E-state index contributed by atoms with van der Waals surface area (Å²) in [7, 11) is 0. The first kappa shape index (κ1) is 28.3. The van der Waals surface area contributed by atoms with Gasteiger partial charge >= 0.3 is 11.9 Å². The van der Waals surface area contributed by atoms with Gasteiger partial charge in [0.05, 0.1) is 35.3 Å². The molecule has 3 aromatic rings. The van der Waals surface area contributed by atoms with Gasteiger partial charge in [-0.2, -0.15) is 0 Å². The zero-order valence-corrected chi connectivity index (χ0v) is 23.7. The maximum Gasteiger partial charge on any atom is 0.338 e. The molecular formula is C34H32N2O7. The average molecular weight is 581 g/mol. The Hall–Kier alpha value is -4.79. The number of carbonyl (C=O) groups is 5. The van der Waals surface area contributed by atoms with Crippen molar-refractivity contribution >= 4 is 41.0 Å². The van der Waals surface area contributed by atoms with E-state index in [0.717, 1.165) is 19.3 Å². The van der Waals surface area contributed by atoms with Gasteiger partial charge in [-0.15, -0.1) is 0 Å². The molecular weight excluding hydrogens is 548 g/mol. The number of nitrogens with zero attached hydrogens (tertiary/aromatic N) is 1. The molecule has 1 heterocycles. The largest absolute Gasteiger partial charge is 0.462 e. The van der Waals surface area contributed by atoms with Crippen LogP contribution in [0.2, 0.25) is 0 Å². The summed E-state index contributed by atoms with van der Waals surface area (Å²) in [5, 5.41) is 2.61. The van der Waals surface area contributed by atoms with Gasteiger partial charge in [0.1, 0.15) is 0 Å². The summed E-state index contributed by atoms with van der Waals surface area (Å²) in [4.78, 5) is 65.5. The van der Waals surface area contributed by atoms with Gasteiger partial charge in [-0.3, -0.25) is 19.3 Å².